The zero-order chi connectivity index (χ0) is 13.9. The minimum Gasteiger partial charge on any atom is -0.371 e. The zero-order valence-electron chi connectivity index (χ0n) is 10.4. The van der Waals surface area contributed by atoms with Crippen molar-refractivity contribution in [2.45, 2.75) is 11.8 Å². The first-order valence-electron chi connectivity index (χ1n) is 5.76. The Morgan fingerprint density at radius 2 is 1.58 bits per heavy atom. The largest absolute Gasteiger partial charge is 0.371 e. The highest BCUT2D eigenvalue weighted by molar-refractivity contribution is 7.91. The van der Waals surface area contributed by atoms with Crippen molar-refractivity contribution < 1.29 is 8.42 Å². The second-order valence-corrected chi connectivity index (χ2v) is 6.68. The van der Waals surface area contributed by atoms with Crippen LogP contribution in [0.2, 0.25) is 5.02 Å². The minimum atomic E-state index is -3.33. The lowest BCUT2D eigenvalue weighted by molar-refractivity contribution is 0.598. The molecular formula is C14H14ClNO2S. The molecule has 0 bridgehead atoms. The quantitative estimate of drug-likeness (QED) is 0.939. The van der Waals surface area contributed by atoms with E-state index in [2.05, 4.69) is 5.32 Å². The van der Waals surface area contributed by atoms with Crippen molar-refractivity contribution in [1.82, 2.24) is 0 Å². The van der Waals surface area contributed by atoms with Crippen LogP contribution >= 0.6 is 11.6 Å². The van der Waals surface area contributed by atoms with E-state index in [0.717, 1.165) is 11.3 Å². The van der Waals surface area contributed by atoms with Gasteiger partial charge in [-0.3, -0.25) is 0 Å². The van der Waals surface area contributed by atoms with Crippen molar-refractivity contribution >= 4 is 27.1 Å². The fourth-order valence-electron chi connectivity index (χ4n) is 1.58. The summed E-state index contributed by atoms with van der Waals surface area (Å²) in [5.41, 5.74) is 1.75. The summed E-state index contributed by atoms with van der Waals surface area (Å²) < 4.78 is 24.2. The number of hydrogen-bond acceptors (Lipinski definition) is 3. The number of benzene rings is 2. The number of aryl methyl sites for hydroxylation is 1. The Bertz CT molecular complexity index is 649. The Balaban J connectivity index is 2.09. The molecule has 3 nitrogen and oxygen atoms in total. The summed E-state index contributed by atoms with van der Waals surface area (Å²) in [6.45, 7) is 1.92. The van der Waals surface area contributed by atoms with Gasteiger partial charge >= 0.3 is 0 Å². The smallest absolute Gasteiger partial charge is 0.196 e. The van der Waals surface area contributed by atoms with Crippen LogP contribution in [-0.2, 0) is 9.84 Å². The van der Waals surface area contributed by atoms with Gasteiger partial charge in [-0.1, -0.05) is 29.3 Å². The average Bonchev–Trinajstić information content (AvgIpc) is 2.39. The van der Waals surface area contributed by atoms with Crippen LogP contribution in [-0.4, -0.2) is 14.3 Å². The van der Waals surface area contributed by atoms with E-state index in [1.807, 2.05) is 6.92 Å². The normalized spacial score (nSPS) is 11.3. The van der Waals surface area contributed by atoms with Gasteiger partial charge in [0.25, 0.3) is 0 Å². The topological polar surface area (TPSA) is 46.2 Å². The van der Waals surface area contributed by atoms with Crippen LogP contribution in [0.5, 0.6) is 0 Å². The third-order valence-corrected chi connectivity index (χ3v) is 4.46. The molecular weight excluding hydrogens is 282 g/mol. The van der Waals surface area contributed by atoms with E-state index in [9.17, 15) is 8.42 Å². The van der Waals surface area contributed by atoms with Crippen LogP contribution in [0.3, 0.4) is 0 Å². The monoisotopic (exact) mass is 295 g/mol. The summed E-state index contributed by atoms with van der Waals surface area (Å²) >= 11 is 5.77. The predicted molar refractivity (Wildman–Crippen MR) is 78.3 cm³/mol. The van der Waals surface area contributed by atoms with Crippen LogP contribution in [0, 0.1) is 6.92 Å². The highest BCUT2D eigenvalue weighted by Crippen LogP contribution is 2.16. The lowest BCUT2D eigenvalue weighted by Gasteiger charge is -2.08. The number of nitrogens with one attached hydrogen (secondary N) is 1. The van der Waals surface area contributed by atoms with Crippen LogP contribution in [0.25, 0.3) is 0 Å². The molecule has 0 aliphatic heterocycles. The summed E-state index contributed by atoms with van der Waals surface area (Å²) in [4.78, 5) is 0.319. The van der Waals surface area contributed by atoms with Crippen molar-refractivity contribution in [2.75, 3.05) is 11.2 Å². The van der Waals surface area contributed by atoms with E-state index in [1.165, 1.54) is 0 Å². The van der Waals surface area contributed by atoms with E-state index >= 15 is 0 Å². The van der Waals surface area contributed by atoms with Gasteiger partial charge < -0.3 is 5.32 Å². The van der Waals surface area contributed by atoms with Crippen molar-refractivity contribution in [2.24, 2.45) is 0 Å². The summed E-state index contributed by atoms with van der Waals surface area (Å²) in [5.74, 6) is -0.141. The first-order valence-corrected chi connectivity index (χ1v) is 7.79. The molecule has 0 aromatic heterocycles. The van der Waals surface area contributed by atoms with Crippen molar-refractivity contribution in [3.63, 3.8) is 0 Å². The number of halogens is 1. The van der Waals surface area contributed by atoms with Crippen LogP contribution in [0.4, 0.5) is 5.69 Å². The van der Waals surface area contributed by atoms with Gasteiger partial charge in [0, 0.05) is 10.7 Å². The van der Waals surface area contributed by atoms with Crippen molar-refractivity contribution in [3.05, 3.63) is 59.1 Å². The molecule has 2 aromatic rings. The van der Waals surface area contributed by atoms with E-state index < -0.39 is 9.84 Å². The lowest BCUT2D eigenvalue weighted by Crippen LogP contribution is -2.14. The Morgan fingerprint density at radius 1 is 1.00 bits per heavy atom. The number of anilines is 1. The van der Waals surface area contributed by atoms with E-state index in [-0.39, 0.29) is 5.88 Å². The SMILES string of the molecule is Cc1ccc(S(=O)(=O)CNc2ccc(Cl)cc2)cc1. The maximum Gasteiger partial charge on any atom is 0.196 e. The number of sulfone groups is 1. The van der Waals surface area contributed by atoms with Gasteiger partial charge in [0.05, 0.1) is 4.90 Å². The first-order chi connectivity index (χ1) is 8.97. The van der Waals surface area contributed by atoms with Crippen LogP contribution < -0.4 is 5.32 Å². The van der Waals surface area contributed by atoms with Gasteiger partial charge in [-0.15, -0.1) is 0 Å². The van der Waals surface area contributed by atoms with Crippen LogP contribution in [0.1, 0.15) is 5.56 Å². The third kappa shape index (κ3) is 3.72. The second kappa shape index (κ2) is 5.63. The maximum absolute atomic E-state index is 12.1. The van der Waals surface area contributed by atoms with Gasteiger partial charge in [0.15, 0.2) is 9.84 Å². The number of rotatable bonds is 4. The van der Waals surface area contributed by atoms with E-state index in [4.69, 9.17) is 11.6 Å². The molecule has 0 saturated carbocycles. The molecule has 0 unspecified atom stereocenters. The molecule has 0 heterocycles. The Labute approximate surface area is 118 Å². The van der Waals surface area contributed by atoms with Gasteiger partial charge in [0.2, 0.25) is 0 Å². The fourth-order valence-corrected chi connectivity index (χ4v) is 2.78. The molecule has 0 fully saturated rings. The highest BCUT2D eigenvalue weighted by Gasteiger charge is 2.13. The fraction of sp³-hybridized carbons (Fsp3) is 0.143. The number of hydrogen-bond donors (Lipinski definition) is 1. The molecule has 0 amide bonds. The molecule has 2 aromatic carbocycles. The molecule has 100 valence electrons. The molecule has 2 rings (SSSR count). The molecule has 0 aliphatic rings. The van der Waals surface area contributed by atoms with Gasteiger partial charge in [-0.25, -0.2) is 8.42 Å². The summed E-state index contributed by atoms with van der Waals surface area (Å²) in [5, 5.41) is 3.50. The van der Waals surface area contributed by atoms with Gasteiger partial charge in [0.1, 0.15) is 5.88 Å². The van der Waals surface area contributed by atoms with E-state index in [1.54, 1.807) is 48.5 Å². The predicted octanol–water partition coefficient (Wildman–Crippen LogP) is 3.49. The zero-order valence-corrected chi connectivity index (χ0v) is 12.0. The van der Waals surface area contributed by atoms with E-state index in [0.29, 0.717) is 9.92 Å². The molecule has 0 spiro atoms. The summed E-state index contributed by atoms with van der Waals surface area (Å²) in [6, 6.07) is 13.7. The Morgan fingerprint density at radius 3 is 2.16 bits per heavy atom. The minimum absolute atomic E-state index is 0.141. The molecule has 0 saturated heterocycles. The molecule has 0 atom stereocenters. The first kappa shape index (κ1) is 13.9. The molecule has 0 radical (unpaired) electrons. The molecule has 0 aliphatic carbocycles. The second-order valence-electron chi connectivity index (χ2n) is 4.26. The Kier molecular flexibility index (Phi) is 4.12. The van der Waals surface area contributed by atoms with Crippen molar-refractivity contribution in [3.8, 4) is 0 Å². The molecule has 5 heteroatoms. The lowest BCUT2D eigenvalue weighted by atomic mass is 10.2. The maximum atomic E-state index is 12.1. The summed E-state index contributed by atoms with van der Waals surface area (Å²) in [6.07, 6.45) is 0. The van der Waals surface area contributed by atoms with Crippen LogP contribution in [0.15, 0.2) is 53.4 Å². The Hall–Kier alpha value is -1.52. The third-order valence-electron chi connectivity index (χ3n) is 2.69. The average molecular weight is 296 g/mol. The molecule has 1 N–H and O–H groups in total. The standard InChI is InChI=1S/C14H14ClNO2S/c1-11-2-8-14(9-3-11)19(17,18)10-16-13-6-4-12(15)5-7-13/h2-9,16H,10H2,1H3. The van der Waals surface area contributed by atoms with Gasteiger partial charge in [-0.2, -0.15) is 0 Å². The van der Waals surface area contributed by atoms with Gasteiger partial charge in [-0.05, 0) is 43.3 Å². The van der Waals surface area contributed by atoms with Crippen molar-refractivity contribution in [1.29, 1.82) is 0 Å². The molecule has 19 heavy (non-hydrogen) atoms. The highest BCUT2D eigenvalue weighted by atomic mass is 35.5. The summed E-state index contributed by atoms with van der Waals surface area (Å²) in [7, 11) is -3.33.